The number of para-hydroxylation sites is 2. The lowest BCUT2D eigenvalue weighted by atomic mass is 10.0. The number of aryl methyl sites for hydroxylation is 1. The number of anilines is 1. The molecule has 0 bridgehead atoms. The average Bonchev–Trinajstić information content (AvgIpc) is 3.00. The minimum absolute atomic E-state index is 0.0721. The monoisotopic (exact) mass is 408 g/mol. The Morgan fingerprint density at radius 2 is 1.73 bits per heavy atom. The normalized spacial score (nSPS) is 14.1. The Hall–Kier alpha value is -3.39. The molecule has 2 amide bonds. The molecule has 0 unspecified atom stereocenters. The van der Waals surface area contributed by atoms with Gasteiger partial charge in [0.25, 0.3) is 5.91 Å². The number of rotatable bonds is 4. The van der Waals surface area contributed by atoms with Crippen LogP contribution in [0.1, 0.15) is 15.9 Å². The number of nitrogens with zero attached hydrogens (tertiary/aromatic N) is 3. The van der Waals surface area contributed by atoms with Crippen LogP contribution < -0.4 is 11.0 Å². The third kappa shape index (κ3) is 3.61. The lowest BCUT2D eigenvalue weighted by Crippen LogP contribution is -2.41. The number of morpholine rings is 1. The second kappa shape index (κ2) is 8.16. The van der Waals surface area contributed by atoms with Crippen molar-refractivity contribution in [2.45, 2.75) is 13.5 Å². The molecule has 1 aliphatic rings. The molecule has 2 heterocycles. The molecular weight excluding hydrogens is 384 g/mol. The topological polar surface area (TPSA) is 85.6 Å². The fraction of sp³-hybridized carbons (Fsp3) is 0.318. The average molecular weight is 408 g/mol. The van der Waals surface area contributed by atoms with E-state index < -0.39 is 0 Å². The van der Waals surface area contributed by atoms with Crippen LogP contribution in [0.3, 0.4) is 0 Å². The Labute approximate surface area is 173 Å². The standard InChI is InChI=1S/C22H24N4O4/c1-15-16(21(28)25-10-12-30-13-11-25)6-5-7-17(15)23-20(27)14-26-19-9-4-3-8-18(19)24(2)22(26)29/h3-9H,10-14H2,1-2H3,(H,23,27). The Bertz CT molecular complexity index is 1170. The minimum Gasteiger partial charge on any atom is -0.378 e. The number of fused-ring (bicyclic) bond motifs is 1. The molecule has 1 saturated heterocycles. The zero-order valence-corrected chi connectivity index (χ0v) is 17.1. The number of carbonyl (C=O) groups is 2. The van der Waals surface area contributed by atoms with Crippen molar-refractivity contribution < 1.29 is 14.3 Å². The highest BCUT2D eigenvalue weighted by atomic mass is 16.5. The number of amides is 2. The fourth-order valence-electron chi connectivity index (χ4n) is 3.79. The van der Waals surface area contributed by atoms with Crippen LogP contribution in [0, 0.1) is 6.92 Å². The van der Waals surface area contributed by atoms with Crippen LogP contribution in [0.25, 0.3) is 11.0 Å². The minimum atomic E-state index is -0.326. The predicted molar refractivity (Wildman–Crippen MR) is 114 cm³/mol. The maximum Gasteiger partial charge on any atom is 0.329 e. The molecule has 8 heteroatoms. The summed E-state index contributed by atoms with van der Waals surface area (Å²) in [5.41, 5.74) is 3.04. The van der Waals surface area contributed by atoms with Crippen molar-refractivity contribution in [3.05, 3.63) is 64.1 Å². The molecule has 0 saturated carbocycles. The number of aromatic nitrogens is 2. The molecule has 3 aromatic rings. The summed E-state index contributed by atoms with van der Waals surface area (Å²) in [4.78, 5) is 39.9. The van der Waals surface area contributed by atoms with E-state index in [0.717, 1.165) is 5.52 Å². The van der Waals surface area contributed by atoms with E-state index in [1.807, 2.05) is 31.2 Å². The van der Waals surface area contributed by atoms with Gasteiger partial charge < -0.3 is 15.0 Å². The largest absolute Gasteiger partial charge is 0.378 e. The van der Waals surface area contributed by atoms with Crippen molar-refractivity contribution in [2.24, 2.45) is 7.05 Å². The van der Waals surface area contributed by atoms with Gasteiger partial charge in [-0.15, -0.1) is 0 Å². The Balaban J connectivity index is 1.55. The van der Waals surface area contributed by atoms with Crippen molar-refractivity contribution in [3.63, 3.8) is 0 Å². The van der Waals surface area contributed by atoms with Gasteiger partial charge in [0.2, 0.25) is 5.91 Å². The highest BCUT2D eigenvalue weighted by Crippen LogP contribution is 2.21. The van der Waals surface area contributed by atoms with E-state index in [1.165, 1.54) is 9.13 Å². The molecule has 2 aromatic carbocycles. The first-order valence-corrected chi connectivity index (χ1v) is 9.88. The van der Waals surface area contributed by atoms with Crippen LogP contribution in [-0.4, -0.2) is 52.2 Å². The smallest absolute Gasteiger partial charge is 0.329 e. The number of benzene rings is 2. The molecular formula is C22H24N4O4. The van der Waals surface area contributed by atoms with E-state index in [9.17, 15) is 14.4 Å². The van der Waals surface area contributed by atoms with Gasteiger partial charge in [-0.25, -0.2) is 4.79 Å². The SMILES string of the molecule is Cc1c(NC(=O)Cn2c(=O)n(C)c3ccccc32)cccc1C(=O)N1CCOCC1. The van der Waals surface area contributed by atoms with Gasteiger partial charge in [0.15, 0.2) is 0 Å². The van der Waals surface area contributed by atoms with Gasteiger partial charge >= 0.3 is 5.69 Å². The quantitative estimate of drug-likeness (QED) is 0.713. The van der Waals surface area contributed by atoms with Crippen LogP contribution in [-0.2, 0) is 23.1 Å². The summed E-state index contributed by atoms with van der Waals surface area (Å²) in [6.45, 7) is 3.87. The number of hydrogen-bond donors (Lipinski definition) is 1. The third-order valence-electron chi connectivity index (χ3n) is 5.49. The molecule has 1 N–H and O–H groups in total. The van der Waals surface area contributed by atoms with E-state index in [0.29, 0.717) is 48.6 Å². The summed E-state index contributed by atoms with van der Waals surface area (Å²) in [6.07, 6.45) is 0. The van der Waals surface area contributed by atoms with Crippen LogP contribution in [0.15, 0.2) is 47.3 Å². The molecule has 1 aliphatic heterocycles. The summed E-state index contributed by atoms with van der Waals surface area (Å²) in [5.74, 6) is -0.398. The van der Waals surface area contributed by atoms with Gasteiger partial charge in [0, 0.05) is 31.4 Å². The van der Waals surface area contributed by atoms with Crippen molar-refractivity contribution in [1.82, 2.24) is 14.0 Å². The van der Waals surface area contributed by atoms with Crippen molar-refractivity contribution in [3.8, 4) is 0 Å². The van der Waals surface area contributed by atoms with Gasteiger partial charge in [0.05, 0.1) is 24.2 Å². The zero-order valence-electron chi connectivity index (χ0n) is 17.1. The maximum atomic E-state index is 12.9. The lowest BCUT2D eigenvalue weighted by Gasteiger charge is -2.27. The Morgan fingerprint density at radius 1 is 1.03 bits per heavy atom. The first kappa shape index (κ1) is 19.9. The van der Waals surface area contributed by atoms with E-state index in [4.69, 9.17) is 4.74 Å². The van der Waals surface area contributed by atoms with Gasteiger partial charge in [0.1, 0.15) is 6.54 Å². The second-order valence-electron chi connectivity index (χ2n) is 7.35. The van der Waals surface area contributed by atoms with Gasteiger partial charge in [-0.1, -0.05) is 18.2 Å². The van der Waals surface area contributed by atoms with Crippen molar-refractivity contribution in [2.75, 3.05) is 31.6 Å². The molecule has 0 radical (unpaired) electrons. The molecule has 1 aromatic heterocycles. The number of hydrogen-bond acceptors (Lipinski definition) is 4. The van der Waals surface area contributed by atoms with E-state index in [2.05, 4.69) is 5.32 Å². The molecule has 1 fully saturated rings. The lowest BCUT2D eigenvalue weighted by molar-refractivity contribution is -0.116. The Morgan fingerprint density at radius 3 is 2.47 bits per heavy atom. The third-order valence-corrected chi connectivity index (χ3v) is 5.49. The number of imidazole rings is 1. The maximum absolute atomic E-state index is 12.9. The van der Waals surface area contributed by atoms with Crippen LogP contribution >= 0.6 is 0 Å². The van der Waals surface area contributed by atoms with Gasteiger partial charge in [-0.2, -0.15) is 0 Å². The molecule has 4 rings (SSSR count). The van der Waals surface area contributed by atoms with Gasteiger partial charge in [-0.3, -0.25) is 18.7 Å². The van der Waals surface area contributed by atoms with Crippen LogP contribution in [0.4, 0.5) is 5.69 Å². The van der Waals surface area contributed by atoms with Crippen molar-refractivity contribution >= 4 is 28.5 Å². The first-order valence-electron chi connectivity index (χ1n) is 9.88. The number of nitrogens with one attached hydrogen (secondary N) is 1. The van der Waals surface area contributed by atoms with Crippen molar-refractivity contribution in [1.29, 1.82) is 0 Å². The molecule has 30 heavy (non-hydrogen) atoms. The Kier molecular flexibility index (Phi) is 5.41. The molecule has 8 nitrogen and oxygen atoms in total. The van der Waals surface area contributed by atoms with Gasteiger partial charge in [-0.05, 0) is 36.8 Å². The van der Waals surface area contributed by atoms with Crippen LogP contribution in [0.2, 0.25) is 0 Å². The summed E-state index contributed by atoms with van der Waals surface area (Å²) in [7, 11) is 1.68. The van der Waals surface area contributed by atoms with E-state index in [-0.39, 0.29) is 24.0 Å². The summed E-state index contributed by atoms with van der Waals surface area (Å²) in [5, 5.41) is 2.85. The van der Waals surface area contributed by atoms with E-state index >= 15 is 0 Å². The second-order valence-corrected chi connectivity index (χ2v) is 7.35. The summed E-state index contributed by atoms with van der Waals surface area (Å²) in [6, 6.07) is 12.6. The predicted octanol–water partition coefficient (Wildman–Crippen LogP) is 1.76. The molecule has 0 atom stereocenters. The van der Waals surface area contributed by atoms with E-state index in [1.54, 1.807) is 30.1 Å². The highest BCUT2D eigenvalue weighted by Gasteiger charge is 2.21. The molecule has 0 aliphatic carbocycles. The summed E-state index contributed by atoms with van der Waals surface area (Å²) >= 11 is 0. The number of ether oxygens (including phenoxy) is 1. The zero-order chi connectivity index (χ0) is 21.3. The molecule has 0 spiro atoms. The number of carbonyl (C=O) groups excluding carboxylic acids is 2. The van der Waals surface area contributed by atoms with Crippen LogP contribution in [0.5, 0.6) is 0 Å². The first-order chi connectivity index (χ1) is 14.5. The fourth-order valence-corrected chi connectivity index (χ4v) is 3.79. The highest BCUT2D eigenvalue weighted by molar-refractivity contribution is 5.99. The molecule has 156 valence electrons. The summed E-state index contributed by atoms with van der Waals surface area (Å²) < 4.78 is 8.28.